The van der Waals surface area contributed by atoms with Crippen molar-refractivity contribution in [2.45, 2.75) is 12.2 Å². The third-order valence-electron chi connectivity index (χ3n) is 4.28. The smallest absolute Gasteiger partial charge is 0.350 e. The first-order valence-electron chi connectivity index (χ1n) is 8.18. The van der Waals surface area contributed by atoms with Gasteiger partial charge in [0.25, 0.3) is 11.5 Å². The van der Waals surface area contributed by atoms with Gasteiger partial charge in [-0.1, -0.05) is 0 Å². The van der Waals surface area contributed by atoms with Crippen molar-refractivity contribution in [2.75, 3.05) is 32.7 Å². The molecule has 3 heterocycles. The zero-order valence-electron chi connectivity index (χ0n) is 14.0. The highest BCUT2D eigenvalue weighted by Gasteiger charge is 2.43. The molecule has 0 aliphatic carbocycles. The molecule has 1 amide bonds. The molecule has 1 atom stereocenters. The van der Waals surface area contributed by atoms with E-state index in [0.717, 1.165) is 6.20 Å². The van der Waals surface area contributed by atoms with Gasteiger partial charge in [0.2, 0.25) is 0 Å². The molecule has 12 heteroatoms. The van der Waals surface area contributed by atoms with Crippen LogP contribution < -0.4 is 21.9 Å². The number of aromatic nitrogens is 3. The van der Waals surface area contributed by atoms with Crippen LogP contribution in [0.4, 0.5) is 13.2 Å². The van der Waals surface area contributed by atoms with Crippen molar-refractivity contribution in [1.82, 2.24) is 30.5 Å². The van der Waals surface area contributed by atoms with Crippen LogP contribution in [0.25, 0.3) is 11.0 Å². The Morgan fingerprint density at radius 2 is 1.96 bits per heavy atom. The summed E-state index contributed by atoms with van der Waals surface area (Å²) in [6.07, 6.45) is -3.41. The average molecular weight is 386 g/mol. The van der Waals surface area contributed by atoms with Crippen molar-refractivity contribution in [3.8, 4) is 0 Å². The maximum absolute atomic E-state index is 13.4. The van der Waals surface area contributed by atoms with Crippen molar-refractivity contribution in [1.29, 1.82) is 0 Å². The Hall–Kier alpha value is -2.73. The Morgan fingerprint density at radius 1 is 1.26 bits per heavy atom. The van der Waals surface area contributed by atoms with Crippen molar-refractivity contribution in [3.63, 3.8) is 0 Å². The molecule has 0 aromatic carbocycles. The second kappa shape index (κ2) is 7.48. The lowest BCUT2D eigenvalue weighted by atomic mass is 10.2. The molecule has 1 fully saturated rings. The number of nitrogens with one attached hydrogen (secondary N) is 4. The molecule has 1 saturated heterocycles. The fraction of sp³-hybridized carbons (Fsp3) is 0.467. The standard InChI is InChI=1S/C15H17F3N6O3/c16-15(17,18)10(24-3-1-19-2-4-24)7-21-12(25)8-5-9-11(20-6-8)22-14(27)23-13(9)26/h5-6,10,19H,1-4,7H2,(H,21,25)(H2,20,22,23,26,27). The van der Waals surface area contributed by atoms with E-state index in [4.69, 9.17) is 0 Å². The lowest BCUT2D eigenvalue weighted by Crippen LogP contribution is -2.57. The zero-order chi connectivity index (χ0) is 19.6. The van der Waals surface area contributed by atoms with E-state index >= 15 is 0 Å². The van der Waals surface area contributed by atoms with Gasteiger partial charge in [0, 0.05) is 38.9 Å². The number of piperazine rings is 1. The molecule has 0 saturated carbocycles. The minimum absolute atomic E-state index is 0.0192. The number of hydrogen-bond acceptors (Lipinski definition) is 6. The summed E-state index contributed by atoms with van der Waals surface area (Å²) >= 11 is 0. The number of halogens is 3. The molecule has 4 N–H and O–H groups in total. The monoisotopic (exact) mass is 386 g/mol. The van der Waals surface area contributed by atoms with Gasteiger partial charge >= 0.3 is 11.9 Å². The van der Waals surface area contributed by atoms with E-state index in [0.29, 0.717) is 13.1 Å². The first-order valence-corrected chi connectivity index (χ1v) is 8.18. The molecule has 0 radical (unpaired) electrons. The van der Waals surface area contributed by atoms with Crippen LogP contribution in [-0.2, 0) is 0 Å². The summed E-state index contributed by atoms with van der Waals surface area (Å²) in [6, 6.07) is -0.642. The van der Waals surface area contributed by atoms with Gasteiger partial charge in [-0.25, -0.2) is 9.78 Å². The number of hydrogen-bond donors (Lipinski definition) is 4. The predicted octanol–water partition coefficient (Wildman–Crippen LogP) is -0.823. The van der Waals surface area contributed by atoms with Crippen molar-refractivity contribution in [3.05, 3.63) is 38.7 Å². The Morgan fingerprint density at radius 3 is 2.63 bits per heavy atom. The second-order valence-corrected chi connectivity index (χ2v) is 6.08. The number of nitrogens with zero attached hydrogens (tertiary/aromatic N) is 2. The largest absolute Gasteiger partial charge is 0.405 e. The van der Waals surface area contributed by atoms with E-state index < -0.39 is 35.9 Å². The van der Waals surface area contributed by atoms with E-state index in [-0.39, 0.29) is 29.7 Å². The molecule has 3 rings (SSSR count). The molecule has 0 spiro atoms. The molecule has 0 bridgehead atoms. The summed E-state index contributed by atoms with van der Waals surface area (Å²) < 4.78 is 40.1. The quantitative estimate of drug-likeness (QED) is 0.544. The van der Waals surface area contributed by atoms with Crippen molar-refractivity contribution < 1.29 is 18.0 Å². The predicted molar refractivity (Wildman–Crippen MR) is 89.6 cm³/mol. The number of H-pyrrole nitrogens is 2. The fourth-order valence-electron chi connectivity index (χ4n) is 2.91. The fourth-order valence-corrected chi connectivity index (χ4v) is 2.91. The summed E-state index contributed by atoms with van der Waals surface area (Å²) in [7, 11) is 0. The molecule has 9 nitrogen and oxygen atoms in total. The summed E-state index contributed by atoms with van der Waals surface area (Å²) in [5, 5.41) is 5.18. The van der Waals surface area contributed by atoms with Crippen molar-refractivity contribution in [2.24, 2.45) is 0 Å². The first-order chi connectivity index (χ1) is 12.8. The molecule has 1 aliphatic heterocycles. The number of amides is 1. The second-order valence-electron chi connectivity index (χ2n) is 6.08. The molecule has 2 aromatic heterocycles. The van der Waals surface area contributed by atoms with E-state index in [1.54, 1.807) is 0 Å². The Bertz CT molecular complexity index is 948. The van der Waals surface area contributed by atoms with Gasteiger partial charge in [0.1, 0.15) is 11.7 Å². The molecule has 27 heavy (non-hydrogen) atoms. The highest BCUT2D eigenvalue weighted by molar-refractivity contribution is 5.96. The van der Waals surface area contributed by atoms with Crippen LogP contribution in [0.5, 0.6) is 0 Å². The number of carbonyl (C=O) groups is 1. The van der Waals surface area contributed by atoms with Crippen LogP contribution >= 0.6 is 0 Å². The maximum Gasteiger partial charge on any atom is 0.405 e. The third-order valence-corrected chi connectivity index (χ3v) is 4.28. The van der Waals surface area contributed by atoms with Gasteiger partial charge in [0.05, 0.1) is 10.9 Å². The minimum Gasteiger partial charge on any atom is -0.350 e. The minimum atomic E-state index is -4.50. The van der Waals surface area contributed by atoms with Gasteiger partial charge in [-0.2, -0.15) is 13.2 Å². The van der Waals surface area contributed by atoms with Crippen LogP contribution in [0.3, 0.4) is 0 Å². The summed E-state index contributed by atoms with van der Waals surface area (Å²) in [5.41, 5.74) is -1.60. The normalized spacial score (nSPS) is 17.0. The first kappa shape index (κ1) is 19.0. The molecule has 2 aromatic rings. The number of alkyl halides is 3. The van der Waals surface area contributed by atoms with Crippen LogP contribution in [0, 0.1) is 0 Å². The Kier molecular flexibility index (Phi) is 5.28. The number of carbonyl (C=O) groups excluding carboxylic acids is 1. The van der Waals surface area contributed by atoms with Crippen LogP contribution in [0.1, 0.15) is 10.4 Å². The van der Waals surface area contributed by atoms with E-state index in [1.165, 1.54) is 11.0 Å². The molecular formula is C15H17F3N6O3. The lowest BCUT2D eigenvalue weighted by Gasteiger charge is -2.35. The van der Waals surface area contributed by atoms with Gasteiger partial charge in [-0.15, -0.1) is 0 Å². The maximum atomic E-state index is 13.4. The van der Waals surface area contributed by atoms with Gasteiger partial charge in [0.15, 0.2) is 0 Å². The zero-order valence-corrected chi connectivity index (χ0v) is 14.0. The van der Waals surface area contributed by atoms with Crippen LogP contribution in [0.15, 0.2) is 21.9 Å². The summed E-state index contributed by atoms with van der Waals surface area (Å²) in [5.74, 6) is -0.792. The summed E-state index contributed by atoms with van der Waals surface area (Å²) in [4.78, 5) is 44.6. The lowest BCUT2D eigenvalue weighted by molar-refractivity contribution is -0.183. The number of pyridine rings is 1. The molecule has 1 aliphatic rings. The van der Waals surface area contributed by atoms with Gasteiger partial charge in [-0.3, -0.25) is 24.5 Å². The molecule has 1 unspecified atom stereocenters. The van der Waals surface area contributed by atoms with E-state index in [2.05, 4.69) is 20.6 Å². The molecule has 146 valence electrons. The Labute approximate surface area is 150 Å². The number of rotatable bonds is 4. The molecular weight excluding hydrogens is 369 g/mol. The van der Waals surface area contributed by atoms with E-state index in [1.807, 2.05) is 4.98 Å². The van der Waals surface area contributed by atoms with Crippen LogP contribution in [-0.4, -0.2) is 70.7 Å². The summed E-state index contributed by atoms with van der Waals surface area (Å²) in [6.45, 7) is 0.704. The topological polar surface area (TPSA) is 123 Å². The average Bonchev–Trinajstić information content (AvgIpc) is 2.61. The SMILES string of the molecule is O=C(NCC(N1CCNCC1)C(F)(F)F)c1cnc2[nH]c(=O)[nH]c(=O)c2c1. The number of fused-ring (bicyclic) bond motifs is 1. The number of aromatic amines is 2. The van der Waals surface area contributed by atoms with E-state index in [9.17, 15) is 27.6 Å². The van der Waals surface area contributed by atoms with Crippen LogP contribution in [0.2, 0.25) is 0 Å². The third kappa shape index (κ3) is 4.34. The van der Waals surface area contributed by atoms with Crippen molar-refractivity contribution >= 4 is 16.9 Å². The highest BCUT2D eigenvalue weighted by Crippen LogP contribution is 2.24. The van der Waals surface area contributed by atoms with Gasteiger partial charge < -0.3 is 10.6 Å². The van der Waals surface area contributed by atoms with Gasteiger partial charge in [-0.05, 0) is 6.07 Å². The highest BCUT2D eigenvalue weighted by atomic mass is 19.4. The Balaban J connectivity index is 1.76.